The second-order valence-electron chi connectivity index (χ2n) is 7.26. The summed E-state index contributed by atoms with van der Waals surface area (Å²) in [6, 6.07) is 6.37. The van der Waals surface area contributed by atoms with Crippen LogP contribution in [0.5, 0.6) is 0 Å². The van der Waals surface area contributed by atoms with Gasteiger partial charge in [0.2, 0.25) is 5.91 Å². The molecule has 1 N–H and O–H groups in total. The van der Waals surface area contributed by atoms with Gasteiger partial charge < -0.3 is 5.32 Å². The van der Waals surface area contributed by atoms with Crippen LogP contribution >= 0.6 is 11.6 Å². The van der Waals surface area contributed by atoms with Crippen LogP contribution in [-0.2, 0) is 11.3 Å². The molecule has 2 heterocycles. The zero-order chi connectivity index (χ0) is 19.2. The minimum Gasteiger partial charge on any atom is -0.326 e. The van der Waals surface area contributed by atoms with Crippen LogP contribution in [0, 0.1) is 18.7 Å². The fourth-order valence-corrected chi connectivity index (χ4v) is 3.80. The third-order valence-corrected chi connectivity index (χ3v) is 5.44. The van der Waals surface area contributed by atoms with Gasteiger partial charge in [0, 0.05) is 37.6 Å². The van der Waals surface area contributed by atoms with Crippen molar-refractivity contribution in [1.29, 1.82) is 0 Å². The number of hydrogen-bond donors (Lipinski definition) is 1. The van der Waals surface area contributed by atoms with Gasteiger partial charge in [0.15, 0.2) is 0 Å². The second kappa shape index (κ2) is 9.29. The quantitative estimate of drug-likeness (QED) is 0.770. The lowest BCUT2D eigenvalue weighted by molar-refractivity contribution is -0.116. The van der Waals surface area contributed by atoms with Gasteiger partial charge >= 0.3 is 0 Å². The summed E-state index contributed by atoms with van der Waals surface area (Å²) in [6.45, 7) is 4.64. The van der Waals surface area contributed by atoms with Crippen molar-refractivity contribution >= 4 is 23.2 Å². The van der Waals surface area contributed by atoms with E-state index in [1.165, 1.54) is 12.1 Å². The first-order chi connectivity index (χ1) is 13.0. The third-order valence-electron chi connectivity index (χ3n) is 5.10. The van der Waals surface area contributed by atoms with Crippen molar-refractivity contribution in [2.75, 3.05) is 18.4 Å². The molecular weight excluding hydrogens is 365 g/mol. The van der Waals surface area contributed by atoms with E-state index in [9.17, 15) is 9.18 Å². The highest BCUT2D eigenvalue weighted by Gasteiger charge is 2.21. The molecule has 2 aromatic rings. The van der Waals surface area contributed by atoms with Crippen LogP contribution in [0.15, 0.2) is 36.7 Å². The van der Waals surface area contributed by atoms with E-state index in [1.54, 1.807) is 25.4 Å². The van der Waals surface area contributed by atoms with Crippen molar-refractivity contribution in [3.8, 4) is 0 Å². The van der Waals surface area contributed by atoms with Gasteiger partial charge in [0.25, 0.3) is 0 Å². The van der Waals surface area contributed by atoms with Crippen LogP contribution < -0.4 is 5.32 Å². The van der Waals surface area contributed by atoms with Gasteiger partial charge in [-0.25, -0.2) is 4.39 Å². The summed E-state index contributed by atoms with van der Waals surface area (Å²) in [5.74, 6) is 0.195. The lowest BCUT2D eigenvalue weighted by Gasteiger charge is -2.32. The maximum absolute atomic E-state index is 13.2. The number of pyridine rings is 1. The second-order valence-corrected chi connectivity index (χ2v) is 7.66. The van der Waals surface area contributed by atoms with Gasteiger partial charge in [-0.05, 0) is 74.0 Å². The highest BCUT2D eigenvalue weighted by molar-refractivity contribution is 6.31. The Hall–Kier alpha value is -1.98. The Kier molecular flexibility index (Phi) is 6.80. The van der Waals surface area contributed by atoms with Crippen LogP contribution in [-0.4, -0.2) is 28.9 Å². The van der Waals surface area contributed by atoms with Crippen molar-refractivity contribution in [1.82, 2.24) is 9.88 Å². The number of piperidine rings is 1. The molecule has 1 unspecified atom stereocenters. The Labute approximate surface area is 164 Å². The molecule has 144 valence electrons. The van der Waals surface area contributed by atoms with E-state index >= 15 is 0 Å². The number of carbonyl (C=O) groups excluding carboxylic acids is 1. The fourth-order valence-electron chi connectivity index (χ4n) is 3.62. The molecule has 4 nitrogen and oxygen atoms in total. The summed E-state index contributed by atoms with van der Waals surface area (Å²) in [7, 11) is 0. The molecule has 1 atom stereocenters. The van der Waals surface area contributed by atoms with Crippen LogP contribution in [0.3, 0.4) is 0 Å². The van der Waals surface area contributed by atoms with E-state index in [-0.39, 0.29) is 11.7 Å². The first kappa shape index (κ1) is 19.8. The number of amides is 1. The van der Waals surface area contributed by atoms with Crippen LogP contribution in [0.4, 0.5) is 10.1 Å². The summed E-state index contributed by atoms with van der Waals surface area (Å²) in [6.07, 6.45) is 7.05. The number of aryl methyl sites for hydroxylation is 1. The van der Waals surface area contributed by atoms with Crippen LogP contribution in [0.25, 0.3) is 0 Å². The molecule has 1 saturated heterocycles. The van der Waals surface area contributed by atoms with Gasteiger partial charge in [-0.3, -0.25) is 14.7 Å². The minimum absolute atomic E-state index is 0.0148. The number of halogens is 2. The van der Waals surface area contributed by atoms with E-state index < -0.39 is 0 Å². The molecule has 1 aliphatic heterocycles. The number of nitrogens with one attached hydrogen (secondary N) is 1. The number of aromatic nitrogens is 1. The van der Waals surface area contributed by atoms with Gasteiger partial charge in [-0.1, -0.05) is 11.6 Å². The zero-order valence-electron chi connectivity index (χ0n) is 15.5. The minimum atomic E-state index is -0.290. The van der Waals surface area contributed by atoms with Gasteiger partial charge in [0.05, 0.1) is 5.02 Å². The molecule has 1 aromatic carbocycles. The number of nitrogens with zero attached hydrogens (tertiary/aromatic N) is 2. The molecule has 0 bridgehead atoms. The molecule has 27 heavy (non-hydrogen) atoms. The molecule has 1 aromatic heterocycles. The van der Waals surface area contributed by atoms with E-state index in [4.69, 9.17) is 11.6 Å². The maximum Gasteiger partial charge on any atom is 0.224 e. The van der Waals surface area contributed by atoms with Crippen molar-refractivity contribution in [3.05, 3.63) is 58.6 Å². The number of likely N-dealkylation sites (tertiary alicyclic amines) is 1. The molecule has 3 rings (SSSR count). The van der Waals surface area contributed by atoms with E-state index in [0.717, 1.165) is 50.0 Å². The van der Waals surface area contributed by atoms with Gasteiger partial charge in [0.1, 0.15) is 5.82 Å². The third kappa shape index (κ3) is 5.75. The van der Waals surface area contributed by atoms with Crippen molar-refractivity contribution in [3.63, 3.8) is 0 Å². The normalized spacial score (nSPS) is 17.7. The summed E-state index contributed by atoms with van der Waals surface area (Å²) in [4.78, 5) is 18.7. The molecule has 1 fully saturated rings. The maximum atomic E-state index is 13.2. The molecule has 0 radical (unpaired) electrons. The standard InChI is InChI=1S/C21H25ClFN3O/c1-15-11-18(23)5-6-20(15)25-21(27)7-4-16-3-2-10-26(13-16)14-17-8-9-24-12-19(17)22/h5-6,8-9,11-12,16H,2-4,7,10,13-14H2,1H3,(H,25,27). The Morgan fingerprint density at radius 2 is 2.26 bits per heavy atom. The van der Waals surface area contributed by atoms with E-state index in [2.05, 4.69) is 15.2 Å². The van der Waals surface area contributed by atoms with E-state index in [1.807, 2.05) is 6.07 Å². The van der Waals surface area contributed by atoms with E-state index in [0.29, 0.717) is 23.0 Å². The zero-order valence-corrected chi connectivity index (χ0v) is 16.3. The molecule has 1 aliphatic rings. The Morgan fingerprint density at radius 3 is 3.04 bits per heavy atom. The average molecular weight is 390 g/mol. The summed E-state index contributed by atoms with van der Waals surface area (Å²) >= 11 is 6.22. The first-order valence-electron chi connectivity index (χ1n) is 9.38. The van der Waals surface area contributed by atoms with Crippen LogP contribution in [0.1, 0.15) is 36.8 Å². The molecule has 6 heteroatoms. The molecular formula is C21H25ClFN3O. The highest BCUT2D eigenvalue weighted by Crippen LogP contribution is 2.25. The van der Waals surface area contributed by atoms with Gasteiger partial charge in [-0.15, -0.1) is 0 Å². The number of rotatable bonds is 6. The lowest BCUT2D eigenvalue weighted by Crippen LogP contribution is -2.35. The Morgan fingerprint density at radius 1 is 1.41 bits per heavy atom. The monoisotopic (exact) mass is 389 g/mol. The van der Waals surface area contributed by atoms with Crippen molar-refractivity contribution in [2.24, 2.45) is 5.92 Å². The number of carbonyl (C=O) groups is 1. The number of benzene rings is 1. The molecule has 0 saturated carbocycles. The fraction of sp³-hybridized carbons (Fsp3) is 0.429. The predicted octanol–water partition coefficient (Wildman–Crippen LogP) is 4.81. The van der Waals surface area contributed by atoms with Crippen molar-refractivity contribution < 1.29 is 9.18 Å². The van der Waals surface area contributed by atoms with Crippen LogP contribution in [0.2, 0.25) is 5.02 Å². The Bertz CT molecular complexity index is 799. The number of anilines is 1. The largest absolute Gasteiger partial charge is 0.326 e. The topological polar surface area (TPSA) is 45.2 Å². The lowest BCUT2D eigenvalue weighted by atomic mass is 9.93. The summed E-state index contributed by atoms with van der Waals surface area (Å²) < 4.78 is 13.2. The molecule has 1 amide bonds. The smallest absolute Gasteiger partial charge is 0.224 e. The average Bonchev–Trinajstić information content (AvgIpc) is 2.65. The highest BCUT2D eigenvalue weighted by atomic mass is 35.5. The predicted molar refractivity (Wildman–Crippen MR) is 106 cm³/mol. The summed E-state index contributed by atoms with van der Waals surface area (Å²) in [5.41, 5.74) is 2.51. The number of hydrogen-bond acceptors (Lipinski definition) is 3. The molecule has 0 spiro atoms. The Balaban J connectivity index is 1.47. The van der Waals surface area contributed by atoms with Crippen molar-refractivity contribution in [2.45, 2.75) is 39.2 Å². The van der Waals surface area contributed by atoms with Gasteiger partial charge in [-0.2, -0.15) is 0 Å². The SMILES string of the molecule is Cc1cc(F)ccc1NC(=O)CCC1CCCN(Cc2ccncc2Cl)C1. The molecule has 0 aliphatic carbocycles. The summed E-state index contributed by atoms with van der Waals surface area (Å²) in [5, 5.41) is 3.59. The first-order valence-corrected chi connectivity index (χ1v) is 9.76.